The third-order valence-corrected chi connectivity index (χ3v) is 2.46. The van der Waals surface area contributed by atoms with Gasteiger partial charge in [0, 0.05) is 0 Å². The summed E-state index contributed by atoms with van der Waals surface area (Å²) >= 11 is 5.81. The maximum absolute atomic E-state index is 9.24. The third-order valence-electron chi connectivity index (χ3n) is 2.16. The Morgan fingerprint density at radius 3 is 2.73 bits per heavy atom. The Morgan fingerprint density at radius 1 is 1.40 bits per heavy atom. The predicted octanol–water partition coefficient (Wildman–Crippen LogP) is 2.83. The fraction of sp³-hybridized carbons (Fsp3) is 0.500. The van der Waals surface area contributed by atoms with Crippen molar-refractivity contribution in [2.45, 2.75) is 20.3 Å². The van der Waals surface area contributed by atoms with E-state index in [4.69, 9.17) is 11.6 Å². The number of hydrogen-bond acceptors (Lipinski definition) is 2. The first-order valence-electron chi connectivity index (χ1n) is 5.27. The van der Waals surface area contributed by atoms with Crippen molar-refractivity contribution in [3.63, 3.8) is 0 Å². The number of benzene rings is 1. The molecule has 0 aliphatic rings. The molecule has 0 unspecified atom stereocenters. The Bertz CT molecular complexity index is 312. The topological polar surface area (TPSA) is 32.3 Å². The molecule has 15 heavy (non-hydrogen) atoms. The van der Waals surface area contributed by atoms with Gasteiger partial charge >= 0.3 is 0 Å². The van der Waals surface area contributed by atoms with E-state index < -0.39 is 0 Å². The van der Waals surface area contributed by atoms with E-state index in [0.29, 0.717) is 10.9 Å². The molecule has 0 radical (unpaired) electrons. The summed E-state index contributed by atoms with van der Waals surface area (Å²) in [6.07, 6.45) is 0.937. The van der Waals surface area contributed by atoms with Crippen LogP contribution in [0.5, 0.6) is 5.75 Å². The zero-order chi connectivity index (χ0) is 11.3. The quantitative estimate of drug-likeness (QED) is 0.759. The number of rotatable bonds is 5. The first-order valence-corrected chi connectivity index (χ1v) is 5.65. The van der Waals surface area contributed by atoms with E-state index in [2.05, 4.69) is 19.2 Å². The number of nitrogens with one attached hydrogen (secondary N) is 1. The highest BCUT2D eigenvalue weighted by Gasteiger charge is 2.00. The molecule has 0 atom stereocenters. The van der Waals surface area contributed by atoms with Gasteiger partial charge in [0.25, 0.3) is 0 Å². The Labute approximate surface area is 96.3 Å². The third kappa shape index (κ3) is 4.54. The van der Waals surface area contributed by atoms with Crippen LogP contribution in [0.4, 0.5) is 0 Å². The number of halogens is 1. The zero-order valence-electron chi connectivity index (χ0n) is 9.26. The number of hydrogen-bond donors (Lipinski definition) is 2. The lowest BCUT2D eigenvalue weighted by Crippen LogP contribution is -2.22. The maximum Gasteiger partial charge on any atom is 0.134 e. The summed E-state index contributed by atoms with van der Waals surface area (Å²) in [5.41, 5.74) is 1.15. The van der Waals surface area contributed by atoms with Crippen LogP contribution in [0.25, 0.3) is 0 Å². The van der Waals surface area contributed by atoms with Crippen LogP contribution in [0.1, 0.15) is 19.4 Å². The van der Waals surface area contributed by atoms with E-state index in [1.165, 1.54) is 0 Å². The summed E-state index contributed by atoms with van der Waals surface area (Å²) < 4.78 is 0. The predicted molar refractivity (Wildman–Crippen MR) is 64.5 cm³/mol. The summed E-state index contributed by atoms with van der Waals surface area (Å²) in [7, 11) is 0. The van der Waals surface area contributed by atoms with Crippen molar-refractivity contribution in [3.8, 4) is 5.75 Å². The lowest BCUT2D eigenvalue weighted by molar-refractivity contribution is 0.475. The highest BCUT2D eigenvalue weighted by atomic mass is 35.5. The van der Waals surface area contributed by atoms with Crippen molar-refractivity contribution >= 4 is 11.6 Å². The fourth-order valence-electron chi connectivity index (χ4n) is 1.33. The highest BCUT2D eigenvalue weighted by Crippen LogP contribution is 2.23. The molecule has 1 aromatic carbocycles. The Kier molecular flexibility index (Phi) is 4.92. The molecule has 0 heterocycles. The molecule has 0 saturated heterocycles. The van der Waals surface area contributed by atoms with Gasteiger partial charge in [-0.2, -0.15) is 0 Å². The second-order valence-corrected chi connectivity index (χ2v) is 4.54. The van der Waals surface area contributed by atoms with Crippen LogP contribution in [0.3, 0.4) is 0 Å². The first-order chi connectivity index (χ1) is 7.09. The summed E-state index contributed by atoms with van der Waals surface area (Å²) in [4.78, 5) is 0. The monoisotopic (exact) mass is 227 g/mol. The van der Waals surface area contributed by atoms with E-state index in [9.17, 15) is 5.11 Å². The molecule has 0 aliphatic carbocycles. The molecule has 0 spiro atoms. The SMILES string of the molecule is CC(C)CNCCc1ccc(O)c(Cl)c1. The van der Waals surface area contributed by atoms with Gasteiger partial charge in [-0.1, -0.05) is 31.5 Å². The average Bonchev–Trinajstić information content (AvgIpc) is 2.18. The van der Waals surface area contributed by atoms with Gasteiger partial charge in [0.2, 0.25) is 0 Å². The van der Waals surface area contributed by atoms with Gasteiger partial charge in [-0.3, -0.25) is 0 Å². The molecule has 1 rings (SSSR count). The molecule has 0 bridgehead atoms. The molecule has 2 N–H and O–H groups in total. The molecular formula is C12H18ClNO. The molecule has 0 fully saturated rings. The molecule has 3 heteroatoms. The van der Waals surface area contributed by atoms with Crippen LogP contribution in [-0.4, -0.2) is 18.2 Å². The van der Waals surface area contributed by atoms with E-state index in [1.54, 1.807) is 6.07 Å². The van der Waals surface area contributed by atoms with E-state index >= 15 is 0 Å². The van der Waals surface area contributed by atoms with Gasteiger partial charge in [0.1, 0.15) is 5.75 Å². The van der Waals surface area contributed by atoms with Crippen molar-refractivity contribution in [2.75, 3.05) is 13.1 Å². The van der Waals surface area contributed by atoms with Gasteiger partial charge in [0.05, 0.1) is 5.02 Å². The molecule has 1 aromatic rings. The first kappa shape index (κ1) is 12.3. The minimum Gasteiger partial charge on any atom is -0.506 e. The minimum atomic E-state index is 0.149. The van der Waals surface area contributed by atoms with Gasteiger partial charge in [-0.05, 0) is 43.1 Å². The van der Waals surface area contributed by atoms with Gasteiger partial charge in [0.15, 0.2) is 0 Å². The van der Waals surface area contributed by atoms with Crippen LogP contribution in [-0.2, 0) is 6.42 Å². The van der Waals surface area contributed by atoms with Crippen molar-refractivity contribution in [2.24, 2.45) is 5.92 Å². The molecule has 0 aromatic heterocycles. The maximum atomic E-state index is 9.24. The van der Waals surface area contributed by atoms with Gasteiger partial charge < -0.3 is 10.4 Å². The lowest BCUT2D eigenvalue weighted by atomic mass is 10.1. The second kappa shape index (κ2) is 5.99. The van der Waals surface area contributed by atoms with Crippen molar-refractivity contribution in [3.05, 3.63) is 28.8 Å². The summed E-state index contributed by atoms with van der Waals surface area (Å²) in [6.45, 7) is 6.35. The summed E-state index contributed by atoms with van der Waals surface area (Å²) in [5.74, 6) is 0.823. The normalized spacial score (nSPS) is 10.9. The van der Waals surface area contributed by atoms with Crippen LogP contribution in [0.15, 0.2) is 18.2 Å². The van der Waals surface area contributed by atoms with Gasteiger partial charge in [-0.25, -0.2) is 0 Å². The van der Waals surface area contributed by atoms with E-state index in [-0.39, 0.29) is 5.75 Å². The lowest BCUT2D eigenvalue weighted by Gasteiger charge is -2.07. The largest absolute Gasteiger partial charge is 0.506 e. The summed E-state index contributed by atoms with van der Waals surface area (Å²) in [6, 6.07) is 5.35. The van der Waals surface area contributed by atoms with Crippen LogP contribution in [0.2, 0.25) is 5.02 Å². The van der Waals surface area contributed by atoms with Crippen molar-refractivity contribution in [1.82, 2.24) is 5.32 Å². The Balaban J connectivity index is 2.35. The Hall–Kier alpha value is -0.730. The van der Waals surface area contributed by atoms with E-state index in [0.717, 1.165) is 25.1 Å². The molecule has 2 nitrogen and oxygen atoms in total. The minimum absolute atomic E-state index is 0.149. The van der Waals surface area contributed by atoms with E-state index in [1.807, 2.05) is 12.1 Å². The average molecular weight is 228 g/mol. The Morgan fingerprint density at radius 2 is 2.13 bits per heavy atom. The van der Waals surface area contributed by atoms with Gasteiger partial charge in [-0.15, -0.1) is 0 Å². The second-order valence-electron chi connectivity index (χ2n) is 4.13. The van der Waals surface area contributed by atoms with Crippen LogP contribution < -0.4 is 5.32 Å². The highest BCUT2D eigenvalue weighted by molar-refractivity contribution is 6.32. The standard InChI is InChI=1S/C12H18ClNO/c1-9(2)8-14-6-5-10-3-4-12(15)11(13)7-10/h3-4,7,9,14-15H,5-6,8H2,1-2H3. The number of aromatic hydroxyl groups is 1. The van der Waals surface area contributed by atoms with Crippen molar-refractivity contribution < 1.29 is 5.11 Å². The van der Waals surface area contributed by atoms with Crippen LogP contribution >= 0.6 is 11.6 Å². The smallest absolute Gasteiger partial charge is 0.134 e. The summed E-state index contributed by atoms with van der Waals surface area (Å²) in [5, 5.41) is 13.0. The van der Waals surface area contributed by atoms with Crippen LogP contribution in [0, 0.1) is 5.92 Å². The zero-order valence-corrected chi connectivity index (χ0v) is 10.0. The molecule has 0 amide bonds. The van der Waals surface area contributed by atoms with Crippen molar-refractivity contribution in [1.29, 1.82) is 0 Å². The molecular weight excluding hydrogens is 210 g/mol. The number of phenolic OH excluding ortho intramolecular Hbond substituents is 1. The fourth-order valence-corrected chi connectivity index (χ4v) is 1.53. The number of phenols is 1. The molecule has 84 valence electrons. The molecule has 0 saturated carbocycles. The molecule has 0 aliphatic heterocycles.